The third kappa shape index (κ3) is 3.55. The maximum Gasteiger partial charge on any atom is 0.250 e. The van der Waals surface area contributed by atoms with Crippen molar-refractivity contribution in [2.75, 3.05) is 25.6 Å². The van der Waals surface area contributed by atoms with Gasteiger partial charge < -0.3 is 14.8 Å². The lowest BCUT2D eigenvalue weighted by atomic mass is 10.2. The fourth-order valence-corrected chi connectivity index (χ4v) is 1.35. The smallest absolute Gasteiger partial charge is 0.250 e. The van der Waals surface area contributed by atoms with E-state index in [4.69, 9.17) is 9.47 Å². The Hall–Kier alpha value is -1.55. The topological polar surface area (TPSA) is 47.6 Å². The molecule has 1 rings (SSSR count). The molecule has 0 radical (unpaired) electrons. The fraction of sp³-hybridized carbons (Fsp3) is 0.417. The lowest BCUT2D eigenvalue weighted by Crippen LogP contribution is -2.18. The maximum absolute atomic E-state index is 11.4. The number of hydrogen-bond donors (Lipinski definition) is 1. The first-order valence-electron chi connectivity index (χ1n) is 5.19. The summed E-state index contributed by atoms with van der Waals surface area (Å²) >= 11 is 0. The Balaban J connectivity index is 2.61. The predicted octanol–water partition coefficient (Wildman–Crippen LogP) is 1.98. The summed E-state index contributed by atoms with van der Waals surface area (Å²) < 4.78 is 10.1. The number of carbonyl (C=O) groups is 1. The zero-order valence-electron chi connectivity index (χ0n) is 9.87. The lowest BCUT2D eigenvalue weighted by molar-refractivity contribution is -0.120. The van der Waals surface area contributed by atoms with Gasteiger partial charge in [0.15, 0.2) is 0 Å². The first kappa shape index (κ1) is 12.5. The van der Waals surface area contributed by atoms with E-state index in [0.717, 1.165) is 17.0 Å². The number of rotatable bonds is 5. The quantitative estimate of drug-likeness (QED) is 0.830. The monoisotopic (exact) mass is 223 g/mol. The molecule has 1 aromatic rings. The molecule has 0 atom stereocenters. The first-order chi connectivity index (χ1) is 7.67. The number of hydrogen-bond acceptors (Lipinski definition) is 3. The van der Waals surface area contributed by atoms with Gasteiger partial charge in [0.2, 0.25) is 5.91 Å². The molecule has 4 heteroatoms. The van der Waals surface area contributed by atoms with Crippen LogP contribution in [0.15, 0.2) is 18.2 Å². The summed E-state index contributed by atoms with van der Waals surface area (Å²) in [6.45, 7) is 4.40. The Morgan fingerprint density at radius 1 is 1.44 bits per heavy atom. The summed E-state index contributed by atoms with van der Waals surface area (Å²) in [6, 6.07) is 5.49. The SMILES string of the molecule is CCOCC(=O)Nc1ccc(OC)c(C)c1. The van der Waals surface area contributed by atoms with Gasteiger partial charge in [0.25, 0.3) is 0 Å². The van der Waals surface area contributed by atoms with Crippen LogP contribution in [0.4, 0.5) is 5.69 Å². The largest absolute Gasteiger partial charge is 0.496 e. The van der Waals surface area contributed by atoms with Crippen LogP contribution in [0, 0.1) is 6.92 Å². The van der Waals surface area contributed by atoms with Crippen LogP contribution in [0.1, 0.15) is 12.5 Å². The molecule has 0 unspecified atom stereocenters. The van der Waals surface area contributed by atoms with Crippen LogP contribution in [-0.4, -0.2) is 26.2 Å². The van der Waals surface area contributed by atoms with E-state index in [2.05, 4.69) is 5.32 Å². The molecule has 16 heavy (non-hydrogen) atoms. The fourth-order valence-electron chi connectivity index (χ4n) is 1.35. The standard InChI is InChI=1S/C12H17NO3/c1-4-16-8-12(14)13-10-5-6-11(15-3)9(2)7-10/h5-7H,4,8H2,1-3H3,(H,13,14). The average Bonchev–Trinajstić information content (AvgIpc) is 2.26. The summed E-state index contributed by atoms with van der Waals surface area (Å²) in [5.41, 5.74) is 1.74. The molecular weight excluding hydrogens is 206 g/mol. The van der Waals surface area contributed by atoms with Crippen molar-refractivity contribution < 1.29 is 14.3 Å². The van der Waals surface area contributed by atoms with Gasteiger partial charge in [0.05, 0.1) is 7.11 Å². The number of amides is 1. The first-order valence-corrected chi connectivity index (χ1v) is 5.19. The van der Waals surface area contributed by atoms with Crippen molar-refractivity contribution >= 4 is 11.6 Å². The van der Waals surface area contributed by atoms with E-state index in [9.17, 15) is 4.79 Å². The minimum atomic E-state index is -0.147. The third-order valence-corrected chi connectivity index (χ3v) is 2.12. The molecule has 0 aromatic heterocycles. The highest BCUT2D eigenvalue weighted by Gasteiger charge is 2.04. The van der Waals surface area contributed by atoms with Gasteiger partial charge in [-0.15, -0.1) is 0 Å². The Bertz CT molecular complexity index is 363. The second-order valence-electron chi connectivity index (χ2n) is 3.37. The van der Waals surface area contributed by atoms with Gasteiger partial charge in [-0.05, 0) is 37.6 Å². The van der Waals surface area contributed by atoms with E-state index >= 15 is 0 Å². The van der Waals surface area contributed by atoms with Gasteiger partial charge in [0, 0.05) is 12.3 Å². The van der Waals surface area contributed by atoms with E-state index < -0.39 is 0 Å². The van der Waals surface area contributed by atoms with Crippen LogP contribution in [0.3, 0.4) is 0 Å². The van der Waals surface area contributed by atoms with E-state index in [1.807, 2.05) is 26.0 Å². The van der Waals surface area contributed by atoms with Crippen LogP contribution in [0.25, 0.3) is 0 Å². The van der Waals surface area contributed by atoms with Crippen LogP contribution < -0.4 is 10.1 Å². The highest BCUT2D eigenvalue weighted by atomic mass is 16.5. The van der Waals surface area contributed by atoms with Crippen LogP contribution in [0.2, 0.25) is 0 Å². The summed E-state index contributed by atoms with van der Waals surface area (Å²) in [5, 5.41) is 2.75. The summed E-state index contributed by atoms with van der Waals surface area (Å²) in [6.07, 6.45) is 0. The Morgan fingerprint density at radius 2 is 2.19 bits per heavy atom. The van der Waals surface area contributed by atoms with Crippen molar-refractivity contribution in [3.63, 3.8) is 0 Å². The van der Waals surface area contributed by atoms with Gasteiger partial charge >= 0.3 is 0 Å². The average molecular weight is 223 g/mol. The van der Waals surface area contributed by atoms with Gasteiger partial charge in [-0.2, -0.15) is 0 Å². The molecule has 1 amide bonds. The zero-order chi connectivity index (χ0) is 12.0. The number of aryl methyl sites for hydroxylation is 1. The van der Waals surface area contributed by atoms with Crippen molar-refractivity contribution in [3.8, 4) is 5.75 Å². The number of anilines is 1. The summed E-state index contributed by atoms with van der Waals surface area (Å²) in [7, 11) is 1.62. The number of benzene rings is 1. The molecule has 0 aliphatic rings. The molecule has 1 N–H and O–H groups in total. The number of methoxy groups -OCH3 is 1. The lowest BCUT2D eigenvalue weighted by Gasteiger charge is -2.08. The van der Waals surface area contributed by atoms with Gasteiger partial charge in [-0.25, -0.2) is 0 Å². The molecule has 0 bridgehead atoms. The molecule has 0 aliphatic heterocycles. The van der Waals surface area contributed by atoms with Crippen molar-refractivity contribution in [2.45, 2.75) is 13.8 Å². The zero-order valence-corrected chi connectivity index (χ0v) is 9.87. The van der Waals surface area contributed by atoms with Crippen molar-refractivity contribution in [3.05, 3.63) is 23.8 Å². The molecule has 0 saturated heterocycles. The minimum absolute atomic E-state index is 0.0849. The highest BCUT2D eigenvalue weighted by molar-refractivity contribution is 5.91. The van der Waals surface area contributed by atoms with Crippen LogP contribution >= 0.6 is 0 Å². The predicted molar refractivity (Wildman–Crippen MR) is 62.9 cm³/mol. The Labute approximate surface area is 95.6 Å². The second kappa shape index (κ2) is 6.12. The molecular formula is C12H17NO3. The normalized spacial score (nSPS) is 9.94. The van der Waals surface area contributed by atoms with Crippen LogP contribution in [-0.2, 0) is 9.53 Å². The number of carbonyl (C=O) groups excluding carboxylic acids is 1. The van der Waals surface area contributed by atoms with E-state index in [1.165, 1.54) is 0 Å². The molecule has 88 valence electrons. The highest BCUT2D eigenvalue weighted by Crippen LogP contribution is 2.21. The Morgan fingerprint density at radius 3 is 2.75 bits per heavy atom. The van der Waals surface area contributed by atoms with Gasteiger partial charge in [0.1, 0.15) is 12.4 Å². The molecule has 0 saturated carbocycles. The van der Waals surface area contributed by atoms with Crippen molar-refractivity contribution in [2.24, 2.45) is 0 Å². The Kier molecular flexibility index (Phi) is 4.79. The molecule has 0 heterocycles. The molecule has 0 spiro atoms. The third-order valence-electron chi connectivity index (χ3n) is 2.12. The van der Waals surface area contributed by atoms with E-state index in [0.29, 0.717) is 6.61 Å². The molecule has 4 nitrogen and oxygen atoms in total. The van der Waals surface area contributed by atoms with E-state index in [-0.39, 0.29) is 12.5 Å². The molecule has 1 aromatic carbocycles. The molecule has 0 fully saturated rings. The maximum atomic E-state index is 11.4. The van der Waals surface area contributed by atoms with E-state index in [1.54, 1.807) is 13.2 Å². The number of ether oxygens (including phenoxy) is 2. The van der Waals surface area contributed by atoms with Crippen molar-refractivity contribution in [1.82, 2.24) is 0 Å². The van der Waals surface area contributed by atoms with Gasteiger partial charge in [-0.1, -0.05) is 0 Å². The van der Waals surface area contributed by atoms with Gasteiger partial charge in [-0.3, -0.25) is 4.79 Å². The van der Waals surface area contributed by atoms with Crippen LogP contribution in [0.5, 0.6) is 5.75 Å². The second-order valence-corrected chi connectivity index (χ2v) is 3.37. The molecule has 0 aliphatic carbocycles. The number of nitrogens with one attached hydrogen (secondary N) is 1. The summed E-state index contributed by atoms with van der Waals surface area (Å²) in [5.74, 6) is 0.661. The summed E-state index contributed by atoms with van der Waals surface area (Å²) in [4.78, 5) is 11.4. The minimum Gasteiger partial charge on any atom is -0.496 e. The van der Waals surface area contributed by atoms with Crippen molar-refractivity contribution in [1.29, 1.82) is 0 Å².